The molecule has 0 aromatic rings. The van der Waals surface area contributed by atoms with E-state index in [1.165, 1.54) is 0 Å². The molecule has 0 aliphatic heterocycles. The van der Waals surface area contributed by atoms with Crippen LogP contribution in [0.2, 0.25) is 0 Å². The first-order valence-corrected chi connectivity index (χ1v) is 5.53. The van der Waals surface area contributed by atoms with E-state index in [4.69, 9.17) is 5.11 Å². The van der Waals surface area contributed by atoms with Crippen LogP contribution in [0.4, 0.5) is 13.2 Å². The zero-order chi connectivity index (χ0) is 14.8. The number of aliphatic carboxylic acids is 1. The van der Waals surface area contributed by atoms with Gasteiger partial charge in [-0.05, 0) is 5.41 Å². The van der Waals surface area contributed by atoms with Crippen molar-refractivity contribution < 1.29 is 32.6 Å². The van der Waals surface area contributed by atoms with Gasteiger partial charge >= 0.3 is 18.1 Å². The molecule has 1 saturated carbocycles. The highest BCUT2D eigenvalue weighted by molar-refractivity contribution is 5.89. The number of esters is 1. The van der Waals surface area contributed by atoms with Crippen molar-refractivity contribution in [1.82, 2.24) is 0 Å². The number of alkyl halides is 3. The number of carboxylic acid groups (broad SMARTS) is 1. The summed E-state index contributed by atoms with van der Waals surface area (Å²) in [5.74, 6) is 1.24. The summed E-state index contributed by atoms with van der Waals surface area (Å²) in [6.45, 7) is 2.60. The van der Waals surface area contributed by atoms with E-state index in [0.29, 0.717) is 0 Å². The second-order valence-electron chi connectivity index (χ2n) is 4.89. The first kappa shape index (κ1) is 15.3. The molecule has 1 N–H and O–H groups in total. The van der Waals surface area contributed by atoms with Gasteiger partial charge in [0.05, 0.1) is 12.3 Å². The highest BCUT2D eigenvalue weighted by Crippen LogP contribution is 2.57. The number of carbonyl (C=O) groups excluding carboxylic acids is 1. The molecule has 0 saturated heterocycles. The Morgan fingerprint density at radius 2 is 1.95 bits per heavy atom. The van der Waals surface area contributed by atoms with E-state index in [-0.39, 0.29) is 0 Å². The van der Waals surface area contributed by atoms with Gasteiger partial charge in [-0.15, -0.1) is 0 Å². The second kappa shape index (κ2) is 5.11. The largest absolute Gasteiger partial charge is 0.481 e. The summed E-state index contributed by atoms with van der Waals surface area (Å²) < 4.78 is 39.6. The van der Waals surface area contributed by atoms with Crippen molar-refractivity contribution in [2.45, 2.75) is 26.4 Å². The number of rotatable bonds is 3. The second-order valence-corrected chi connectivity index (χ2v) is 4.89. The summed E-state index contributed by atoms with van der Waals surface area (Å²) >= 11 is 0. The number of carbonyl (C=O) groups is 2. The maximum Gasteiger partial charge on any atom is 0.392 e. The minimum absolute atomic E-state index is 0.486. The van der Waals surface area contributed by atoms with E-state index in [1.807, 2.05) is 5.92 Å². The molecule has 106 valence electrons. The average molecular weight is 278 g/mol. The van der Waals surface area contributed by atoms with Gasteiger partial charge < -0.3 is 9.84 Å². The van der Waals surface area contributed by atoms with E-state index in [2.05, 4.69) is 10.7 Å². The Labute approximate surface area is 107 Å². The van der Waals surface area contributed by atoms with E-state index in [0.717, 1.165) is 0 Å². The van der Waals surface area contributed by atoms with Gasteiger partial charge in [-0.1, -0.05) is 19.8 Å². The van der Waals surface area contributed by atoms with Crippen LogP contribution in [0, 0.1) is 29.1 Å². The highest BCUT2D eigenvalue weighted by atomic mass is 19.4. The fourth-order valence-electron chi connectivity index (χ4n) is 1.80. The van der Waals surface area contributed by atoms with Crippen LogP contribution in [-0.2, 0) is 14.3 Å². The molecule has 4 nitrogen and oxygen atoms in total. The van der Waals surface area contributed by atoms with Crippen LogP contribution in [0.5, 0.6) is 0 Å². The van der Waals surface area contributed by atoms with Crippen molar-refractivity contribution in [1.29, 1.82) is 0 Å². The third-order valence-electron chi connectivity index (χ3n) is 3.04. The normalized spacial score (nSPS) is 24.1. The van der Waals surface area contributed by atoms with Crippen molar-refractivity contribution >= 4 is 11.9 Å². The lowest BCUT2D eigenvalue weighted by molar-refractivity contribution is -0.155. The van der Waals surface area contributed by atoms with Crippen molar-refractivity contribution in [2.75, 3.05) is 6.61 Å². The molecule has 1 fully saturated rings. The predicted octanol–water partition coefficient (Wildman–Crippen LogP) is 1.84. The molecular weight excluding hydrogens is 265 g/mol. The Morgan fingerprint density at radius 1 is 1.37 bits per heavy atom. The van der Waals surface area contributed by atoms with Gasteiger partial charge in [-0.2, -0.15) is 13.2 Å². The smallest absolute Gasteiger partial charge is 0.392 e. The van der Waals surface area contributed by atoms with E-state index < -0.39 is 48.4 Å². The van der Waals surface area contributed by atoms with Crippen LogP contribution >= 0.6 is 0 Å². The fourth-order valence-corrected chi connectivity index (χ4v) is 1.80. The molecule has 0 amide bonds. The minimum atomic E-state index is -4.39. The van der Waals surface area contributed by atoms with Gasteiger partial charge in [-0.25, -0.2) is 4.79 Å². The van der Waals surface area contributed by atoms with Crippen LogP contribution in [0.3, 0.4) is 0 Å². The molecule has 2 atom stereocenters. The zero-order valence-electron chi connectivity index (χ0n) is 10.4. The third kappa shape index (κ3) is 4.16. The fraction of sp³-hybridized carbons (Fsp3) is 0.667. The molecule has 0 bridgehead atoms. The lowest BCUT2D eigenvalue weighted by Gasteiger charge is -2.04. The Bertz CT molecular complexity index is 442. The summed E-state index contributed by atoms with van der Waals surface area (Å²) in [6, 6.07) is 0. The Balaban J connectivity index is 2.43. The molecule has 0 aromatic carbocycles. The summed E-state index contributed by atoms with van der Waals surface area (Å²) in [6.07, 6.45) is -5.62. The monoisotopic (exact) mass is 278 g/mol. The number of halogens is 3. The van der Waals surface area contributed by atoms with Crippen molar-refractivity contribution in [2.24, 2.45) is 17.3 Å². The Morgan fingerprint density at radius 3 is 2.37 bits per heavy atom. The van der Waals surface area contributed by atoms with Crippen LogP contribution < -0.4 is 0 Å². The molecule has 0 aromatic heterocycles. The van der Waals surface area contributed by atoms with Crippen molar-refractivity contribution in [3.8, 4) is 11.8 Å². The van der Waals surface area contributed by atoms with Crippen molar-refractivity contribution in [3.63, 3.8) is 0 Å². The molecule has 7 heteroatoms. The van der Waals surface area contributed by atoms with Crippen LogP contribution in [-0.4, -0.2) is 29.8 Å². The van der Waals surface area contributed by atoms with Crippen LogP contribution in [0.1, 0.15) is 20.3 Å². The van der Waals surface area contributed by atoms with Gasteiger partial charge in [0.1, 0.15) is 6.61 Å². The number of carboxylic acids is 1. The lowest BCUT2D eigenvalue weighted by Crippen LogP contribution is -2.13. The SMILES string of the molecule is CC1(C)C(C#CC(=O)OCCC(F)(F)F)C1C(=O)O. The predicted molar refractivity (Wildman–Crippen MR) is 57.8 cm³/mol. The standard InChI is InChI=1S/C12H13F3O4/c1-11(2)7(9(11)10(17)18)3-4-8(16)19-6-5-12(13,14)15/h7,9H,5-6H2,1-2H3,(H,17,18). The molecule has 19 heavy (non-hydrogen) atoms. The molecule has 0 radical (unpaired) electrons. The molecule has 1 aliphatic carbocycles. The quantitative estimate of drug-likeness (QED) is 0.486. The summed E-state index contributed by atoms with van der Waals surface area (Å²) in [4.78, 5) is 21.8. The van der Waals surface area contributed by atoms with Gasteiger partial charge in [0, 0.05) is 11.8 Å². The summed E-state index contributed by atoms with van der Waals surface area (Å²) in [7, 11) is 0. The van der Waals surface area contributed by atoms with Crippen LogP contribution in [0.25, 0.3) is 0 Å². The first-order chi connectivity index (χ1) is 8.55. The molecule has 1 rings (SSSR count). The number of ether oxygens (including phenoxy) is 1. The molecule has 0 spiro atoms. The molecule has 2 unspecified atom stereocenters. The highest BCUT2D eigenvalue weighted by Gasteiger charge is 2.61. The van der Waals surface area contributed by atoms with E-state index >= 15 is 0 Å². The van der Waals surface area contributed by atoms with Gasteiger partial charge in [0.2, 0.25) is 0 Å². The van der Waals surface area contributed by atoms with Crippen molar-refractivity contribution in [3.05, 3.63) is 0 Å². The topological polar surface area (TPSA) is 63.6 Å². The Kier molecular flexibility index (Phi) is 4.13. The zero-order valence-corrected chi connectivity index (χ0v) is 10.4. The van der Waals surface area contributed by atoms with E-state index in [9.17, 15) is 22.8 Å². The first-order valence-electron chi connectivity index (χ1n) is 5.53. The third-order valence-corrected chi connectivity index (χ3v) is 3.04. The lowest BCUT2D eigenvalue weighted by atomic mass is 10.1. The Hall–Kier alpha value is -1.71. The van der Waals surface area contributed by atoms with E-state index in [1.54, 1.807) is 13.8 Å². The summed E-state index contributed by atoms with van der Waals surface area (Å²) in [5, 5.41) is 8.85. The maximum absolute atomic E-state index is 11.8. The average Bonchev–Trinajstić information content (AvgIpc) is 2.75. The minimum Gasteiger partial charge on any atom is -0.481 e. The number of hydrogen-bond donors (Lipinski definition) is 1. The van der Waals surface area contributed by atoms with Crippen LogP contribution in [0.15, 0.2) is 0 Å². The molecule has 1 aliphatic rings. The molecule has 0 heterocycles. The summed E-state index contributed by atoms with van der Waals surface area (Å²) in [5.41, 5.74) is -0.537. The van der Waals surface area contributed by atoms with Gasteiger partial charge in [0.25, 0.3) is 0 Å². The number of hydrogen-bond acceptors (Lipinski definition) is 3. The van der Waals surface area contributed by atoms with Gasteiger partial charge in [0.15, 0.2) is 0 Å². The van der Waals surface area contributed by atoms with Gasteiger partial charge in [-0.3, -0.25) is 4.79 Å². The maximum atomic E-state index is 11.8. The molecular formula is C12H13F3O4.